The van der Waals surface area contributed by atoms with Gasteiger partial charge in [-0.2, -0.15) is 0 Å². The highest BCUT2D eigenvalue weighted by Crippen LogP contribution is 2.22. The van der Waals surface area contributed by atoms with Crippen LogP contribution in [-0.2, 0) is 6.42 Å². The average Bonchev–Trinajstić information content (AvgIpc) is 2.43. The van der Waals surface area contributed by atoms with Gasteiger partial charge in [-0.05, 0) is 40.4 Å². The zero-order chi connectivity index (χ0) is 14.7. The van der Waals surface area contributed by atoms with Gasteiger partial charge in [0, 0.05) is 5.56 Å². The molecule has 1 heterocycles. The van der Waals surface area contributed by atoms with Crippen molar-refractivity contribution in [3.63, 3.8) is 0 Å². The summed E-state index contributed by atoms with van der Waals surface area (Å²) in [6.07, 6.45) is 0.751. The van der Waals surface area contributed by atoms with Crippen molar-refractivity contribution in [2.24, 2.45) is 5.92 Å². The molecule has 0 amide bonds. The van der Waals surface area contributed by atoms with Crippen LogP contribution in [0.15, 0.2) is 33.5 Å². The molecule has 0 aliphatic carbocycles. The van der Waals surface area contributed by atoms with E-state index >= 15 is 0 Å². The monoisotopic (exact) mass is 336 g/mol. The van der Waals surface area contributed by atoms with Crippen molar-refractivity contribution in [2.75, 3.05) is 7.11 Å². The first-order valence-electron chi connectivity index (χ1n) is 6.44. The van der Waals surface area contributed by atoms with Crippen molar-refractivity contribution in [1.29, 1.82) is 0 Å². The Morgan fingerprint density at radius 2 is 2.15 bits per heavy atom. The fraction of sp³-hybridized carbons (Fsp3) is 0.333. The number of aromatic nitrogens is 2. The Kier molecular flexibility index (Phi) is 4.60. The van der Waals surface area contributed by atoms with E-state index in [2.05, 4.69) is 39.7 Å². The highest BCUT2D eigenvalue weighted by Gasteiger charge is 2.12. The Balaban J connectivity index is 2.51. The number of H-pyrrole nitrogens is 1. The summed E-state index contributed by atoms with van der Waals surface area (Å²) in [5.41, 5.74) is 1.45. The van der Waals surface area contributed by atoms with E-state index in [0.717, 1.165) is 23.4 Å². The van der Waals surface area contributed by atoms with E-state index in [1.807, 2.05) is 24.3 Å². The van der Waals surface area contributed by atoms with Crippen molar-refractivity contribution in [1.82, 2.24) is 9.97 Å². The molecule has 0 saturated heterocycles. The van der Waals surface area contributed by atoms with Gasteiger partial charge in [0.05, 0.1) is 12.8 Å². The number of hydrogen-bond acceptors (Lipinski definition) is 3. The van der Waals surface area contributed by atoms with E-state index in [0.29, 0.717) is 16.2 Å². The maximum atomic E-state index is 12.0. The molecule has 2 aromatic rings. The molecule has 0 aliphatic rings. The normalized spacial score (nSPS) is 10.8. The molecule has 2 rings (SSSR count). The van der Waals surface area contributed by atoms with E-state index in [-0.39, 0.29) is 5.56 Å². The lowest BCUT2D eigenvalue weighted by Gasteiger charge is -2.09. The first-order valence-corrected chi connectivity index (χ1v) is 7.23. The predicted molar refractivity (Wildman–Crippen MR) is 83.1 cm³/mol. The molecule has 0 unspecified atom stereocenters. The summed E-state index contributed by atoms with van der Waals surface area (Å²) in [6.45, 7) is 4.20. The second kappa shape index (κ2) is 6.22. The first-order chi connectivity index (χ1) is 9.51. The number of nitrogens with one attached hydrogen (secondary N) is 1. The van der Waals surface area contributed by atoms with Gasteiger partial charge in [-0.1, -0.05) is 26.0 Å². The molecule has 0 saturated carbocycles. The van der Waals surface area contributed by atoms with Gasteiger partial charge < -0.3 is 9.72 Å². The Hall–Kier alpha value is -1.62. The van der Waals surface area contributed by atoms with Crippen molar-refractivity contribution >= 4 is 15.9 Å². The molecule has 0 radical (unpaired) electrons. The van der Waals surface area contributed by atoms with E-state index in [1.54, 1.807) is 7.11 Å². The summed E-state index contributed by atoms with van der Waals surface area (Å²) >= 11 is 3.31. The Labute approximate surface area is 126 Å². The van der Waals surface area contributed by atoms with Crippen LogP contribution in [0.25, 0.3) is 11.4 Å². The standard InChI is InChI=1S/C15H17BrN2O2/c1-9(2)7-12-13(16)15(19)18-14(17-12)10-5-4-6-11(8-10)20-3/h4-6,8-9H,7H2,1-3H3,(H,17,18,19). The number of ether oxygens (including phenoxy) is 1. The Morgan fingerprint density at radius 1 is 1.40 bits per heavy atom. The molecule has 1 aromatic carbocycles. The third-order valence-corrected chi connectivity index (χ3v) is 3.69. The van der Waals surface area contributed by atoms with Crippen LogP contribution in [0.3, 0.4) is 0 Å². The molecule has 4 nitrogen and oxygen atoms in total. The van der Waals surface area contributed by atoms with Crippen LogP contribution in [0.4, 0.5) is 0 Å². The smallest absolute Gasteiger partial charge is 0.265 e. The summed E-state index contributed by atoms with van der Waals surface area (Å²) in [5, 5.41) is 0. The molecule has 0 bridgehead atoms. The maximum absolute atomic E-state index is 12.0. The quantitative estimate of drug-likeness (QED) is 0.930. The van der Waals surface area contributed by atoms with Crippen LogP contribution >= 0.6 is 15.9 Å². The minimum absolute atomic E-state index is 0.159. The number of hydrogen-bond donors (Lipinski definition) is 1. The Morgan fingerprint density at radius 3 is 2.80 bits per heavy atom. The van der Waals surface area contributed by atoms with Crippen LogP contribution in [-0.4, -0.2) is 17.1 Å². The van der Waals surface area contributed by atoms with Crippen LogP contribution in [0.5, 0.6) is 5.75 Å². The first kappa shape index (κ1) is 14.8. The van der Waals surface area contributed by atoms with E-state index in [9.17, 15) is 4.79 Å². The summed E-state index contributed by atoms with van der Waals surface area (Å²) in [7, 11) is 1.61. The van der Waals surface area contributed by atoms with Gasteiger partial charge in [0.1, 0.15) is 16.0 Å². The zero-order valence-electron chi connectivity index (χ0n) is 11.7. The number of rotatable bonds is 4. The van der Waals surface area contributed by atoms with E-state index in [4.69, 9.17) is 4.74 Å². The van der Waals surface area contributed by atoms with E-state index in [1.165, 1.54) is 0 Å². The number of nitrogens with zero attached hydrogens (tertiary/aromatic N) is 1. The van der Waals surface area contributed by atoms with Crippen LogP contribution in [0.2, 0.25) is 0 Å². The molecule has 0 aliphatic heterocycles. The number of aromatic amines is 1. The summed E-state index contributed by atoms with van der Waals surface area (Å²) in [5.74, 6) is 1.73. The largest absolute Gasteiger partial charge is 0.497 e. The van der Waals surface area contributed by atoms with Crippen molar-refractivity contribution in [3.05, 3.63) is 44.8 Å². The minimum atomic E-state index is -0.159. The lowest BCUT2D eigenvalue weighted by Crippen LogP contribution is -2.15. The molecule has 1 N–H and O–H groups in total. The fourth-order valence-corrected chi connectivity index (χ4v) is 2.28. The van der Waals surface area contributed by atoms with Gasteiger partial charge in [-0.15, -0.1) is 0 Å². The second-order valence-electron chi connectivity index (χ2n) is 5.01. The lowest BCUT2D eigenvalue weighted by atomic mass is 10.1. The van der Waals surface area contributed by atoms with Crippen LogP contribution in [0.1, 0.15) is 19.5 Å². The molecule has 20 heavy (non-hydrogen) atoms. The van der Waals surface area contributed by atoms with Crippen molar-refractivity contribution < 1.29 is 4.74 Å². The molecule has 5 heteroatoms. The topological polar surface area (TPSA) is 55.0 Å². The van der Waals surface area contributed by atoms with Gasteiger partial charge in [0.2, 0.25) is 0 Å². The van der Waals surface area contributed by atoms with Gasteiger partial charge in [0.25, 0.3) is 5.56 Å². The number of methoxy groups -OCH3 is 1. The van der Waals surface area contributed by atoms with Crippen molar-refractivity contribution in [3.8, 4) is 17.1 Å². The molecule has 0 spiro atoms. The fourth-order valence-electron chi connectivity index (χ4n) is 1.93. The summed E-state index contributed by atoms with van der Waals surface area (Å²) < 4.78 is 5.71. The van der Waals surface area contributed by atoms with E-state index < -0.39 is 0 Å². The molecule has 0 atom stereocenters. The zero-order valence-corrected chi connectivity index (χ0v) is 13.3. The molecule has 1 aromatic heterocycles. The Bertz CT molecular complexity index is 665. The molecule has 106 valence electrons. The molecular formula is C15H17BrN2O2. The molecular weight excluding hydrogens is 320 g/mol. The van der Waals surface area contributed by atoms with Gasteiger partial charge in [-0.25, -0.2) is 4.98 Å². The third kappa shape index (κ3) is 3.28. The van der Waals surface area contributed by atoms with Crippen molar-refractivity contribution in [2.45, 2.75) is 20.3 Å². The second-order valence-corrected chi connectivity index (χ2v) is 5.80. The highest BCUT2D eigenvalue weighted by molar-refractivity contribution is 9.10. The van der Waals surface area contributed by atoms with Crippen LogP contribution < -0.4 is 10.3 Å². The number of halogens is 1. The average molecular weight is 337 g/mol. The highest BCUT2D eigenvalue weighted by atomic mass is 79.9. The van der Waals surface area contributed by atoms with Gasteiger partial charge in [0.15, 0.2) is 0 Å². The number of benzene rings is 1. The SMILES string of the molecule is COc1cccc(-c2nc(CC(C)C)c(Br)c(=O)[nH]2)c1. The van der Waals surface area contributed by atoms with Crippen LogP contribution in [0, 0.1) is 5.92 Å². The molecule has 0 fully saturated rings. The lowest BCUT2D eigenvalue weighted by molar-refractivity contribution is 0.415. The van der Waals surface area contributed by atoms with Gasteiger partial charge in [-0.3, -0.25) is 4.79 Å². The minimum Gasteiger partial charge on any atom is -0.497 e. The summed E-state index contributed by atoms with van der Waals surface area (Å²) in [6, 6.07) is 7.48. The maximum Gasteiger partial charge on any atom is 0.265 e. The third-order valence-electron chi connectivity index (χ3n) is 2.88. The van der Waals surface area contributed by atoms with Gasteiger partial charge >= 0.3 is 0 Å². The summed E-state index contributed by atoms with van der Waals surface area (Å²) in [4.78, 5) is 19.3. The predicted octanol–water partition coefficient (Wildman–Crippen LogP) is 3.41.